The highest BCUT2D eigenvalue weighted by molar-refractivity contribution is 5.83. The Kier molecular flexibility index (Phi) is 4.31. The van der Waals surface area contributed by atoms with Gasteiger partial charge in [-0.25, -0.2) is 0 Å². The average molecular weight is 325 g/mol. The first-order valence-corrected chi connectivity index (χ1v) is 9.27. The summed E-state index contributed by atoms with van der Waals surface area (Å²) in [7, 11) is 0. The van der Waals surface area contributed by atoms with E-state index in [1.54, 1.807) is 0 Å². The fourth-order valence-corrected chi connectivity index (χ4v) is 3.93. The summed E-state index contributed by atoms with van der Waals surface area (Å²) < 4.78 is 2.04. The molecule has 2 heterocycles. The van der Waals surface area contributed by atoms with Gasteiger partial charge in [-0.3, -0.25) is 4.79 Å². The number of likely N-dealkylation sites (tertiary alicyclic amines) is 1. The van der Waals surface area contributed by atoms with Gasteiger partial charge in [0.1, 0.15) is 6.54 Å². The lowest BCUT2D eigenvalue weighted by atomic mass is 10.0. The minimum atomic E-state index is 0.126. The molecule has 0 bridgehead atoms. The van der Waals surface area contributed by atoms with E-state index in [1.165, 1.54) is 57.1 Å². The van der Waals surface area contributed by atoms with E-state index in [1.807, 2.05) is 22.9 Å². The number of para-hydroxylation sites is 1. The normalized spacial score (nSPS) is 20.2. The van der Waals surface area contributed by atoms with E-state index < -0.39 is 0 Å². The van der Waals surface area contributed by atoms with E-state index in [0.29, 0.717) is 12.0 Å². The smallest absolute Gasteiger partial charge is 0.239 e. The summed E-state index contributed by atoms with van der Waals surface area (Å²) in [6.45, 7) is 4.89. The molecular formula is C20H27N3O. The third-order valence-corrected chi connectivity index (χ3v) is 5.62. The van der Waals surface area contributed by atoms with Crippen molar-refractivity contribution < 1.29 is 4.79 Å². The Hall–Kier alpha value is -1.81. The summed E-state index contributed by atoms with van der Waals surface area (Å²) in [6, 6.07) is 10.3. The zero-order chi connectivity index (χ0) is 16.4. The Morgan fingerprint density at radius 1 is 1.08 bits per heavy atom. The van der Waals surface area contributed by atoms with Crippen LogP contribution < -0.4 is 5.32 Å². The van der Waals surface area contributed by atoms with Gasteiger partial charge < -0.3 is 14.8 Å². The van der Waals surface area contributed by atoms with Gasteiger partial charge in [-0.05, 0) is 56.3 Å². The lowest BCUT2D eigenvalue weighted by Gasteiger charge is -2.30. The molecule has 0 spiro atoms. The topological polar surface area (TPSA) is 37.3 Å². The largest absolute Gasteiger partial charge is 0.354 e. The third kappa shape index (κ3) is 3.48. The van der Waals surface area contributed by atoms with Gasteiger partial charge in [0, 0.05) is 30.2 Å². The van der Waals surface area contributed by atoms with E-state index in [9.17, 15) is 4.79 Å². The van der Waals surface area contributed by atoms with Crippen LogP contribution in [0.2, 0.25) is 0 Å². The van der Waals surface area contributed by atoms with Crippen LogP contribution in [0.15, 0.2) is 36.5 Å². The maximum Gasteiger partial charge on any atom is 0.239 e. The van der Waals surface area contributed by atoms with Gasteiger partial charge in [0.15, 0.2) is 0 Å². The molecule has 1 saturated carbocycles. The number of benzene rings is 1. The van der Waals surface area contributed by atoms with Crippen LogP contribution in [0.25, 0.3) is 10.9 Å². The highest BCUT2D eigenvalue weighted by Gasteiger charge is 2.43. The van der Waals surface area contributed by atoms with Crippen LogP contribution in [0.1, 0.15) is 32.1 Å². The zero-order valence-electron chi connectivity index (χ0n) is 14.3. The molecule has 1 amide bonds. The van der Waals surface area contributed by atoms with Crippen molar-refractivity contribution >= 4 is 16.8 Å². The highest BCUT2D eigenvalue weighted by atomic mass is 16.1. The maximum absolute atomic E-state index is 12.4. The quantitative estimate of drug-likeness (QED) is 0.886. The summed E-state index contributed by atoms with van der Waals surface area (Å²) in [5.74, 6) is 0.126. The molecule has 0 atom stereocenters. The van der Waals surface area contributed by atoms with Crippen molar-refractivity contribution in [1.29, 1.82) is 0 Å². The molecule has 4 heteroatoms. The summed E-state index contributed by atoms with van der Waals surface area (Å²) in [4.78, 5) is 15.0. The molecule has 4 rings (SSSR count). The van der Waals surface area contributed by atoms with Crippen molar-refractivity contribution in [1.82, 2.24) is 14.8 Å². The van der Waals surface area contributed by atoms with E-state index in [4.69, 9.17) is 0 Å². The summed E-state index contributed by atoms with van der Waals surface area (Å²) >= 11 is 0. The number of amides is 1. The average Bonchev–Trinajstić information content (AvgIpc) is 3.26. The lowest BCUT2D eigenvalue weighted by Crippen LogP contribution is -2.40. The third-order valence-electron chi connectivity index (χ3n) is 5.62. The molecule has 1 aliphatic heterocycles. The Labute approximate surface area is 143 Å². The first kappa shape index (κ1) is 15.7. The Morgan fingerprint density at radius 3 is 2.67 bits per heavy atom. The monoisotopic (exact) mass is 325 g/mol. The van der Waals surface area contributed by atoms with Gasteiger partial charge in [-0.1, -0.05) is 24.6 Å². The maximum atomic E-state index is 12.4. The van der Waals surface area contributed by atoms with Crippen LogP contribution in [-0.4, -0.2) is 41.6 Å². The number of fused-ring (bicyclic) bond motifs is 1. The van der Waals surface area contributed by atoms with Crippen LogP contribution in [0, 0.1) is 5.41 Å². The molecule has 0 unspecified atom stereocenters. The van der Waals surface area contributed by atoms with Gasteiger partial charge >= 0.3 is 0 Å². The number of nitrogens with zero attached hydrogens (tertiary/aromatic N) is 2. The first-order valence-electron chi connectivity index (χ1n) is 9.27. The molecule has 1 saturated heterocycles. The number of rotatable bonds is 6. The zero-order valence-corrected chi connectivity index (χ0v) is 14.3. The number of nitrogens with one attached hydrogen (secondary N) is 1. The molecule has 1 aromatic heterocycles. The fraction of sp³-hybridized carbons (Fsp3) is 0.550. The van der Waals surface area contributed by atoms with Crippen molar-refractivity contribution in [3.05, 3.63) is 36.5 Å². The van der Waals surface area contributed by atoms with Gasteiger partial charge in [0.25, 0.3) is 0 Å². The first-order chi connectivity index (χ1) is 11.7. The fourth-order valence-electron chi connectivity index (χ4n) is 3.93. The molecule has 24 heavy (non-hydrogen) atoms. The van der Waals surface area contributed by atoms with Crippen LogP contribution in [-0.2, 0) is 11.3 Å². The van der Waals surface area contributed by atoms with Crippen LogP contribution in [0.4, 0.5) is 0 Å². The number of aromatic nitrogens is 1. The Balaban J connectivity index is 1.30. The van der Waals surface area contributed by atoms with Crippen molar-refractivity contribution in [3.8, 4) is 0 Å². The minimum absolute atomic E-state index is 0.126. The van der Waals surface area contributed by atoms with Crippen LogP contribution >= 0.6 is 0 Å². The van der Waals surface area contributed by atoms with Gasteiger partial charge in [-0.2, -0.15) is 0 Å². The standard InChI is InChI=1S/C20H27N3O/c24-19(14-23-13-8-17-6-2-3-7-18(17)23)21-15-20(9-10-20)16-22-11-4-1-5-12-22/h2-3,6-8,13H,1,4-5,9-12,14-16H2,(H,21,24). The second-order valence-corrected chi connectivity index (χ2v) is 7.62. The number of hydrogen-bond donors (Lipinski definition) is 1. The van der Waals surface area contributed by atoms with Crippen molar-refractivity contribution in [3.63, 3.8) is 0 Å². The van der Waals surface area contributed by atoms with E-state index in [0.717, 1.165) is 12.1 Å². The molecule has 2 fully saturated rings. The number of piperidine rings is 1. The molecule has 2 aromatic rings. The molecule has 0 radical (unpaired) electrons. The molecule has 128 valence electrons. The predicted molar refractivity (Wildman–Crippen MR) is 96.9 cm³/mol. The molecule has 1 aromatic carbocycles. The van der Waals surface area contributed by atoms with Crippen molar-refractivity contribution in [2.24, 2.45) is 5.41 Å². The Bertz CT molecular complexity index is 710. The number of carbonyl (C=O) groups is 1. The lowest BCUT2D eigenvalue weighted by molar-refractivity contribution is -0.121. The SMILES string of the molecule is O=C(Cn1ccc2ccccc21)NCC1(CN2CCCCC2)CC1. The number of carbonyl (C=O) groups excluding carboxylic acids is 1. The molecule has 1 N–H and O–H groups in total. The molecule has 1 aliphatic carbocycles. The van der Waals surface area contributed by atoms with Crippen LogP contribution in [0.5, 0.6) is 0 Å². The summed E-state index contributed by atoms with van der Waals surface area (Å²) in [5, 5.41) is 4.38. The molecular weight excluding hydrogens is 298 g/mol. The van der Waals surface area contributed by atoms with E-state index in [-0.39, 0.29) is 5.91 Å². The van der Waals surface area contributed by atoms with Crippen LogP contribution in [0.3, 0.4) is 0 Å². The van der Waals surface area contributed by atoms with Gasteiger partial charge in [0.2, 0.25) is 5.91 Å². The van der Waals surface area contributed by atoms with Gasteiger partial charge in [-0.15, -0.1) is 0 Å². The van der Waals surface area contributed by atoms with Gasteiger partial charge in [0.05, 0.1) is 0 Å². The van der Waals surface area contributed by atoms with Crippen molar-refractivity contribution in [2.75, 3.05) is 26.2 Å². The second kappa shape index (κ2) is 6.60. The minimum Gasteiger partial charge on any atom is -0.354 e. The van der Waals surface area contributed by atoms with E-state index in [2.05, 4.69) is 28.4 Å². The second-order valence-electron chi connectivity index (χ2n) is 7.62. The highest BCUT2D eigenvalue weighted by Crippen LogP contribution is 2.46. The number of hydrogen-bond acceptors (Lipinski definition) is 2. The van der Waals surface area contributed by atoms with Crippen molar-refractivity contribution in [2.45, 2.75) is 38.6 Å². The Morgan fingerprint density at radius 2 is 1.88 bits per heavy atom. The predicted octanol–water partition coefficient (Wildman–Crippen LogP) is 3.02. The summed E-state index contributed by atoms with van der Waals surface area (Å²) in [6.07, 6.45) is 8.58. The van der Waals surface area contributed by atoms with E-state index >= 15 is 0 Å². The molecule has 4 nitrogen and oxygen atoms in total. The molecule has 2 aliphatic rings. The summed E-state index contributed by atoms with van der Waals surface area (Å²) in [5.41, 5.74) is 1.48.